The van der Waals surface area contributed by atoms with E-state index in [0.29, 0.717) is 10.8 Å². The molecule has 0 N–H and O–H groups in total. The van der Waals surface area contributed by atoms with Crippen molar-refractivity contribution in [3.63, 3.8) is 0 Å². The van der Waals surface area contributed by atoms with Gasteiger partial charge in [-0.25, -0.2) is 13.4 Å². The molecule has 0 aliphatic heterocycles. The molecule has 0 saturated heterocycles. The lowest BCUT2D eigenvalue weighted by molar-refractivity contribution is 0.0987. The van der Waals surface area contributed by atoms with Crippen molar-refractivity contribution in [2.75, 3.05) is 16.4 Å². The normalized spacial score (nSPS) is 11.7. The molecule has 0 unspecified atom stereocenters. The molecule has 0 saturated carbocycles. The number of halogens is 2. The summed E-state index contributed by atoms with van der Waals surface area (Å²) in [5.74, 6) is -0.443. The van der Waals surface area contributed by atoms with Crippen LogP contribution in [0.25, 0.3) is 10.2 Å². The van der Waals surface area contributed by atoms with Gasteiger partial charge in [-0.2, -0.15) is 10.1 Å². The number of para-hydroxylation sites is 1. The van der Waals surface area contributed by atoms with Crippen LogP contribution in [-0.4, -0.2) is 32.6 Å². The number of benzene rings is 4. The molecule has 11 heteroatoms. The molecule has 196 valence electrons. The van der Waals surface area contributed by atoms with Gasteiger partial charge in [-0.15, -0.1) is 0 Å². The Hall–Kier alpha value is -3.38. The Balaban J connectivity index is 1.48. The summed E-state index contributed by atoms with van der Waals surface area (Å²) < 4.78 is 30.3. The highest BCUT2D eigenvalue weighted by molar-refractivity contribution is 9.10. The fraction of sp³-hybridized carbons (Fsp3) is 0.0357. The van der Waals surface area contributed by atoms with E-state index in [4.69, 9.17) is 0 Å². The molecule has 0 atom stereocenters. The first-order chi connectivity index (χ1) is 18.7. The van der Waals surface area contributed by atoms with Gasteiger partial charge in [0.15, 0.2) is 0 Å². The first-order valence-corrected chi connectivity index (χ1v) is 15.4. The summed E-state index contributed by atoms with van der Waals surface area (Å²) >= 11 is 8.22. The zero-order valence-corrected chi connectivity index (χ0v) is 25.2. The van der Waals surface area contributed by atoms with Crippen molar-refractivity contribution in [3.8, 4) is 0 Å². The fourth-order valence-corrected chi connectivity index (χ4v) is 6.60. The van der Waals surface area contributed by atoms with Crippen LogP contribution >= 0.6 is 43.2 Å². The van der Waals surface area contributed by atoms with Gasteiger partial charge in [0.1, 0.15) is 0 Å². The van der Waals surface area contributed by atoms with Crippen LogP contribution in [0.4, 0.5) is 10.8 Å². The van der Waals surface area contributed by atoms with Crippen LogP contribution in [0, 0.1) is 0 Å². The zero-order valence-electron chi connectivity index (χ0n) is 20.4. The van der Waals surface area contributed by atoms with Crippen LogP contribution in [0.2, 0.25) is 0 Å². The number of anilines is 2. The monoisotopic (exact) mass is 682 g/mol. The number of fused-ring (bicyclic) bond motifs is 1. The third-order valence-corrected chi connectivity index (χ3v) is 9.60. The van der Waals surface area contributed by atoms with E-state index in [0.717, 1.165) is 24.7 Å². The molecule has 39 heavy (non-hydrogen) atoms. The number of hydrazone groups is 1. The minimum atomic E-state index is -3.82. The van der Waals surface area contributed by atoms with E-state index in [1.807, 2.05) is 48.5 Å². The lowest BCUT2D eigenvalue weighted by Gasteiger charge is -2.19. The topological polar surface area (TPSA) is 82.9 Å². The van der Waals surface area contributed by atoms with Crippen molar-refractivity contribution < 1.29 is 13.2 Å². The number of carbonyl (C=O) groups excluding carboxylic acids is 1. The third kappa shape index (κ3) is 5.96. The molecule has 0 fully saturated rings. The molecule has 0 bridgehead atoms. The Morgan fingerprint density at radius 3 is 2.26 bits per heavy atom. The summed E-state index contributed by atoms with van der Waals surface area (Å²) in [6.07, 6.45) is 1.58. The van der Waals surface area contributed by atoms with Crippen molar-refractivity contribution in [2.24, 2.45) is 5.10 Å². The summed E-state index contributed by atoms with van der Waals surface area (Å²) in [7, 11) is -2.32. The molecular weight excluding hydrogens is 664 g/mol. The smallest absolute Gasteiger partial charge is 0.269 e. The van der Waals surface area contributed by atoms with Gasteiger partial charge in [-0.1, -0.05) is 73.5 Å². The minimum Gasteiger partial charge on any atom is -0.269 e. The van der Waals surface area contributed by atoms with Crippen LogP contribution < -0.4 is 9.31 Å². The Labute approximate surface area is 246 Å². The van der Waals surface area contributed by atoms with E-state index >= 15 is 0 Å². The van der Waals surface area contributed by atoms with E-state index in [2.05, 4.69) is 41.9 Å². The number of rotatable bonds is 7. The van der Waals surface area contributed by atoms with E-state index in [-0.39, 0.29) is 10.5 Å². The average molecular weight is 684 g/mol. The van der Waals surface area contributed by atoms with Gasteiger partial charge >= 0.3 is 0 Å². The van der Waals surface area contributed by atoms with Gasteiger partial charge < -0.3 is 0 Å². The number of hydrogen-bond donors (Lipinski definition) is 0. The maximum absolute atomic E-state index is 13.7. The van der Waals surface area contributed by atoms with E-state index in [1.165, 1.54) is 52.0 Å². The highest BCUT2D eigenvalue weighted by atomic mass is 79.9. The molecule has 5 rings (SSSR count). The number of aromatic nitrogens is 1. The molecule has 0 radical (unpaired) electrons. The van der Waals surface area contributed by atoms with Crippen LogP contribution in [0.5, 0.6) is 0 Å². The molecule has 1 amide bonds. The van der Waals surface area contributed by atoms with Crippen molar-refractivity contribution in [2.45, 2.75) is 4.90 Å². The number of nitrogens with zero attached hydrogens (tertiary/aromatic N) is 4. The molecule has 0 aliphatic rings. The maximum atomic E-state index is 13.7. The van der Waals surface area contributed by atoms with Gasteiger partial charge in [0.05, 0.1) is 27.0 Å². The number of carbonyl (C=O) groups is 1. The summed E-state index contributed by atoms with van der Waals surface area (Å²) in [6, 6.07) is 27.8. The van der Waals surface area contributed by atoms with Crippen molar-refractivity contribution in [1.29, 1.82) is 0 Å². The van der Waals surface area contributed by atoms with Crippen LogP contribution in [0.15, 0.2) is 116 Å². The Bertz CT molecular complexity index is 1770. The second kappa shape index (κ2) is 11.4. The van der Waals surface area contributed by atoms with Gasteiger partial charge in [0, 0.05) is 21.6 Å². The van der Waals surface area contributed by atoms with Crippen molar-refractivity contribution in [1.82, 2.24) is 4.98 Å². The SMILES string of the molecule is CN(c1ccccc1)S(=O)(=O)c1ccc(C(=O)N(/N=C/c2ccc(Br)cc2)c2nc3ccc(Br)cc3s2)cc1. The summed E-state index contributed by atoms with van der Waals surface area (Å²) in [5.41, 5.74) is 2.34. The number of thiazole rings is 1. The van der Waals surface area contributed by atoms with E-state index < -0.39 is 15.9 Å². The van der Waals surface area contributed by atoms with E-state index in [1.54, 1.807) is 30.5 Å². The highest BCUT2D eigenvalue weighted by Gasteiger charge is 2.24. The Morgan fingerprint density at radius 2 is 1.56 bits per heavy atom. The standard InChI is InChI=1S/C28H20Br2N4O3S2/c1-33(23-5-3-2-4-6-23)39(36,37)24-14-9-20(10-15-24)27(35)34(31-18-19-7-11-21(29)12-8-19)28-32-25-16-13-22(30)17-26(25)38-28/h2-18H,1H3/b31-18+. The number of sulfonamides is 1. The van der Waals surface area contributed by atoms with Gasteiger partial charge in [0.2, 0.25) is 5.13 Å². The predicted molar refractivity (Wildman–Crippen MR) is 164 cm³/mol. The van der Waals surface area contributed by atoms with Crippen LogP contribution in [0.1, 0.15) is 15.9 Å². The predicted octanol–water partition coefficient (Wildman–Crippen LogP) is 7.33. The molecule has 0 aliphatic carbocycles. The molecule has 0 spiro atoms. The quantitative estimate of drug-likeness (QED) is 0.133. The molecule has 7 nitrogen and oxygen atoms in total. The summed E-state index contributed by atoms with van der Waals surface area (Å²) in [4.78, 5) is 18.4. The zero-order chi connectivity index (χ0) is 27.6. The Morgan fingerprint density at radius 1 is 0.897 bits per heavy atom. The Kier molecular flexibility index (Phi) is 7.94. The first-order valence-electron chi connectivity index (χ1n) is 11.6. The fourth-order valence-electron chi connectivity index (χ4n) is 3.67. The van der Waals surface area contributed by atoms with Gasteiger partial charge in [0.25, 0.3) is 15.9 Å². The van der Waals surface area contributed by atoms with Crippen molar-refractivity contribution >= 4 is 86.4 Å². The highest BCUT2D eigenvalue weighted by Crippen LogP contribution is 2.32. The molecule has 5 aromatic rings. The van der Waals surface area contributed by atoms with Crippen LogP contribution in [-0.2, 0) is 10.0 Å². The largest absolute Gasteiger partial charge is 0.280 e. The second-order valence-corrected chi connectivity index (χ2v) is 13.2. The first kappa shape index (κ1) is 27.2. The van der Waals surface area contributed by atoms with Gasteiger partial charge in [-0.05, 0) is 72.3 Å². The third-order valence-electron chi connectivity index (χ3n) is 5.78. The molecule has 4 aromatic carbocycles. The molecular formula is C28H20Br2N4O3S2. The number of amides is 1. The summed E-state index contributed by atoms with van der Waals surface area (Å²) in [5, 5.41) is 6.11. The van der Waals surface area contributed by atoms with Crippen molar-refractivity contribution in [3.05, 3.63) is 117 Å². The minimum absolute atomic E-state index is 0.0696. The van der Waals surface area contributed by atoms with Gasteiger partial charge in [-0.3, -0.25) is 9.10 Å². The second-order valence-electron chi connectivity index (χ2n) is 8.35. The number of hydrogen-bond acceptors (Lipinski definition) is 6. The van der Waals surface area contributed by atoms with Crippen LogP contribution in [0.3, 0.4) is 0 Å². The molecule has 1 heterocycles. The molecule has 1 aromatic heterocycles. The van der Waals surface area contributed by atoms with E-state index in [9.17, 15) is 13.2 Å². The lowest BCUT2D eigenvalue weighted by atomic mass is 10.2. The maximum Gasteiger partial charge on any atom is 0.280 e. The summed E-state index contributed by atoms with van der Waals surface area (Å²) in [6.45, 7) is 0. The lowest BCUT2D eigenvalue weighted by Crippen LogP contribution is -2.27. The average Bonchev–Trinajstić information content (AvgIpc) is 3.37.